The number of nitrogens with zero attached hydrogens (tertiary/aromatic N) is 2. The van der Waals surface area contributed by atoms with Gasteiger partial charge in [-0.25, -0.2) is 20.2 Å². The molecule has 106 valence electrons. The zero-order chi connectivity index (χ0) is 14.5. The topological polar surface area (TPSA) is 75.9 Å². The number of halogens is 1. The zero-order valence-electron chi connectivity index (χ0n) is 11.6. The highest BCUT2D eigenvalue weighted by atomic mass is 19.1. The number of benzene rings is 1. The van der Waals surface area contributed by atoms with Crippen molar-refractivity contribution in [2.24, 2.45) is 5.84 Å². The van der Waals surface area contributed by atoms with Crippen molar-refractivity contribution in [3.63, 3.8) is 0 Å². The lowest BCUT2D eigenvalue weighted by Crippen LogP contribution is -2.11. The van der Waals surface area contributed by atoms with Gasteiger partial charge in [0.15, 0.2) is 0 Å². The van der Waals surface area contributed by atoms with Crippen molar-refractivity contribution < 1.29 is 4.39 Å². The first-order chi connectivity index (χ1) is 9.62. The maximum atomic E-state index is 13.2. The molecule has 0 fully saturated rings. The van der Waals surface area contributed by atoms with Gasteiger partial charge in [0, 0.05) is 18.2 Å². The summed E-state index contributed by atoms with van der Waals surface area (Å²) in [5, 5.41) is 3.13. The van der Waals surface area contributed by atoms with Crippen molar-refractivity contribution in [1.29, 1.82) is 0 Å². The Kier molecular flexibility index (Phi) is 4.47. The smallest absolute Gasteiger partial charge is 0.145 e. The summed E-state index contributed by atoms with van der Waals surface area (Å²) in [5.74, 6) is 7.06. The fourth-order valence-corrected chi connectivity index (χ4v) is 1.84. The summed E-state index contributed by atoms with van der Waals surface area (Å²) in [7, 11) is 0. The molecule has 1 aromatic carbocycles. The van der Waals surface area contributed by atoms with Crippen LogP contribution in [0, 0.1) is 12.7 Å². The molecule has 1 aromatic heterocycles. The van der Waals surface area contributed by atoms with E-state index < -0.39 is 0 Å². The van der Waals surface area contributed by atoms with Crippen LogP contribution in [0.5, 0.6) is 0 Å². The summed E-state index contributed by atoms with van der Waals surface area (Å²) in [6, 6.07) is 6.53. The average Bonchev–Trinajstić information content (AvgIpc) is 2.43. The zero-order valence-corrected chi connectivity index (χ0v) is 11.6. The number of rotatable bonds is 5. The normalized spacial score (nSPS) is 10.4. The van der Waals surface area contributed by atoms with E-state index in [0.29, 0.717) is 23.0 Å². The molecule has 0 unspecified atom stereocenters. The minimum Gasteiger partial charge on any atom is -0.340 e. The molecule has 0 radical (unpaired) electrons. The SMILES string of the molecule is CCCc1nc(NN)cc(Nc2ccc(F)c(C)c2)n1. The number of hydrogen-bond acceptors (Lipinski definition) is 5. The van der Waals surface area contributed by atoms with E-state index in [-0.39, 0.29) is 5.82 Å². The Morgan fingerprint density at radius 1 is 1.20 bits per heavy atom. The maximum Gasteiger partial charge on any atom is 0.145 e. The number of anilines is 3. The van der Waals surface area contributed by atoms with E-state index in [4.69, 9.17) is 5.84 Å². The first kappa shape index (κ1) is 14.2. The lowest BCUT2D eigenvalue weighted by Gasteiger charge is -2.10. The van der Waals surface area contributed by atoms with Crippen LogP contribution in [-0.2, 0) is 6.42 Å². The second kappa shape index (κ2) is 6.29. The van der Waals surface area contributed by atoms with Crippen molar-refractivity contribution in [1.82, 2.24) is 9.97 Å². The van der Waals surface area contributed by atoms with Gasteiger partial charge >= 0.3 is 0 Å². The monoisotopic (exact) mass is 275 g/mol. The van der Waals surface area contributed by atoms with E-state index in [1.165, 1.54) is 6.07 Å². The summed E-state index contributed by atoms with van der Waals surface area (Å²) in [6.07, 6.45) is 1.72. The summed E-state index contributed by atoms with van der Waals surface area (Å²) in [6.45, 7) is 3.78. The van der Waals surface area contributed by atoms with Crippen LogP contribution in [0.3, 0.4) is 0 Å². The first-order valence-corrected chi connectivity index (χ1v) is 6.50. The van der Waals surface area contributed by atoms with E-state index in [1.807, 2.05) is 0 Å². The lowest BCUT2D eigenvalue weighted by molar-refractivity contribution is 0.619. The van der Waals surface area contributed by atoms with Gasteiger partial charge in [0.05, 0.1) is 0 Å². The van der Waals surface area contributed by atoms with E-state index >= 15 is 0 Å². The number of aryl methyl sites for hydroxylation is 2. The van der Waals surface area contributed by atoms with E-state index in [9.17, 15) is 4.39 Å². The van der Waals surface area contributed by atoms with Gasteiger partial charge in [0.1, 0.15) is 23.3 Å². The van der Waals surface area contributed by atoms with Crippen LogP contribution < -0.4 is 16.6 Å². The van der Waals surface area contributed by atoms with Gasteiger partial charge in [-0.3, -0.25) is 0 Å². The summed E-state index contributed by atoms with van der Waals surface area (Å²) in [5.41, 5.74) is 3.87. The van der Waals surface area contributed by atoms with Gasteiger partial charge in [0.2, 0.25) is 0 Å². The van der Waals surface area contributed by atoms with Gasteiger partial charge in [-0.2, -0.15) is 0 Å². The second-order valence-corrected chi connectivity index (χ2v) is 4.54. The Morgan fingerprint density at radius 3 is 2.60 bits per heavy atom. The number of hydrazine groups is 1. The number of hydrogen-bond donors (Lipinski definition) is 3. The molecule has 4 N–H and O–H groups in total. The van der Waals surface area contributed by atoms with Gasteiger partial charge in [-0.15, -0.1) is 0 Å². The second-order valence-electron chi connectivity index (χ2n) is 4.54. The molecule has 0 spiro atoms. The molecule has 5 nitrogen and oxygen atoms in total. The van der Waals surface area contributed by atoms with Gasteiger partial charge in [-0.1, -0.05) is 6.92 Å². The Hall–Kier alpha value is -2.21. The molecule has 1 heterocycles. The molecule has 0 atom stereocenters. The standard InChI is InChI=1S/C14H18FN5/c1-3-4-12-18-13(8-14(19-12)20-16)17-10-5-6-11(15)9(2)7-10/h5-8H,3-4,16H2,1-2H3,(H2,17,18,19,20). The van der Waals surface area contributed by atoms with E-state index in [1.54, 1.807) is 25.1 Å². The molecule has 0 saturated carbocycles. The molecule has 20 heavy (non-hydrogen) atoms. The van der Waals surface area contributed by atoms with Crippen molar-refractivity contribution >= 4 is 17.3 Å². The van der Waals surface area contributed by atoms with Crippen molar-refractivity contribution in [3.05, 3.63) is 41.5 Å². The minimum atomic E-state index is -0.228. The highest BCUT2D eigenvalue weighted by Gasteiger charge is 2.05. The minimum absolute atomic E-state index is 0.228. The quantitative estimate of drug-likeness (QED) is 0.578. The molecule has 0 amide bonds. The summed E-state index contributed by atoms with van der Waals surface area (Å²) < 4.78 is 13.2. The van der Waals surface area contributed by atoms with E-state index in [0.717, 1.165) is 18.5 Å². The molecule has 0 aliphatic heterocycles. The van der Waals surface area contributed by atoms with Crippen molar-refractivity contribution in [3.8, 4) is 0 Å². The molecular formula is C14H18FN5. The van der Waals surface area contributed by atoms with Crippen LogP contribution in [-0.4, -0.2) is 9.97 Å². The molecule has 0 aliphatic carbocycles. The number of aromatic nitrogens is 2. The Balaban J connectivity index is 2.27. The lowest BCUT2D eigenvalue weighted by atomic mass is 10.2. The summed E-state index contributed by atoms with van der Waals surface area (Å²) in [4.78, 5) is 8.67. The van der Waals surface area contributed by atoms with Crippen molar-refractivity contribution in [2.45, 2.75) is 26.7 Å². The predicted octanol–water partition coefficient (Wildman–Crippen LogP) is 2.91. The van der Waals surface area contributed by atoms with E-state index in [2.05, 4.69) is 27.6 Å². The van der Waals surface area contributed by atoms with Crippen LogP contribution in [0.2, 0.25) is 0 Å². The largest absolute Gasteiger partial charge is 0.340 e. The van der Waals surface area contributed by atoms with Gasteiger partial charge in [-0.05, 0) is 37.1 Å². The van der Waals surface area contributed by atoms with Crippen LogP contribution in [0.4, 0.5) is 21.7 Å². The predicted molar refractivity (Wildman–Crippen MR) is 78.3 cm³/mol. The molecule has 6 heteroatoms. The molecular weight excluding hydrogens is 257 g/mol. The van der Waals surface area contributed by atoms with Crippen LogP contribution in [0.15, 0.2) is 24.3 Å². The molecule has 0 aliphatic rings. The average molecular weight is 275 g/mol. The Bertz CT molecular complexity index is 600. The number of nitrogens with two attached hydrogens (primary N) is 1. The third kappa shape index (κ3) is 3.42. The fraction of sp³-hybridized carbons (Fsp3) is 0.286. The van der Waals surface area contributed by atoms with Gasteiger partial charge < -0.3 is 10.7 Å². The van der Waals surface area contributed by atoms with Crippen LogP contribution in [0.1, 0.15) is 24.7 Å². The first-order valence-electron chi connectivity index (χ1n) is 6.50. The molecule has 2 aromatic rings. The Labute approximate surface area is 117 Å². The Morgan fingerprint density at radius 2 is 1.95 bits per heavy atom. The summed E-state index contributed by atoms with van der Waals surface area (Å²) >= 11 is 0. The fourth-order valence-electron chi connectivity index (χ4n) is 1.84. The molecule has 0 bridgehead atoms. The molecule has 2 rings (SSSR count). The number of nitrogens with one attached hydrogen (secondary N) is 2. The highest BCUT2D eigenvalue weighted by Crippen LogP contribution is 2.20. The van der Waals surface area contributed by atoms with Crippen LogP contribution in [0.25, 0.3) is 0 Å². The van der Waals surface area contributed by atoms with Gasteiger partial charge in [0.25, 0.3) is 0 Å². The van der Waals surface area contributed by atoms with Crippen molar-refractivity contribution in [2.75, 3.05) is 10.7 Å². The maximum absolute atomic E-state index is 13.2. The molecule has 0 saturated heterocycles. The third-order valence-corrected chi connectivity index (χ3v) is 2.82. The third-order valence-electron chi connectivity index (χ3n) is 2.82. The number of nitrogen functional groups attached to an aromatic ring is 1. The van der Waals surface area contributed by atoms with Crippen LogP contribution >= 0.6 is 0 Å². The highest BCUT2D eigenvalue weighted by molar-refractivity contribution is 5.59.